The maximum atomic E-state index is 12.6. The highest BCUT2D eigenvalue weighted by Gasteiger charge is 2.33. The molecular weight excluding hydrogens is 352 g/mol. The fourth-order valence-electron chi connectivity index (χ4n) is 3.91. The van der Waals surface area contributed by atoms with Crippen molar-refractivity contribution in [3.8, 4) is 0 Å². The second-order valence-electron chi connectivity index (χ2n) is 7.54. The minimum Gasteiger partial charge on any atom is -0.396 e. The van der Waals surface area contributed by atoms with Gasteiger partial charge in [0.1, 0.15) is 0 Å². The summed E-state index contributed by atoms with van der Waals surface area (Å²) in [4.78, 5) is 13.9. The topological polar surface area (TPSA) is 86.7 Å². The average molecular weight is 381 g/mol. The number of aliphatic hydroxyl groups is 1. The van der Waals surface area contributed by atoms with E-state index in [1.807, 2.05) is 0 Å². The summed E-state index contributed by atoms with van der Waals surface area (Å²) >= 11 is 0. The van der Waals surface area contributed by atoms with Crippen LogP contribution in [0, 0.1) is 5.41 Å². The molecule has 0 atom stereocenters. The van der Waals surface area contributed by atoms with Gasteiger partial charge in [-0.3, -0.25) is 4.79 Å². The highest BCUT2D eigenvalue weighted by molar-refractivity contribution is 7.89. The van der Waals surface area contributed by atoms with E-state index in [1.54, 1.807) is 29.2 Å². The summed E-state index contributed by atoms with van der Waals surface area (Å²) < 4.78 is 27.9. The molecule has 144 valence electrons. The van der Waals surface area contributed by atoms with E-state index in [1.165, 1.54) is 0 Å². The average Bonchev–Trinajstić information content (AvgIpc) is 2.68. The molecule has 1 aromatic carbocycles. The molecule has 2 fully saturated rings. The van der Waals surface area contributed by atoms with Crippen LogP contribution in [0.25, 0.3) is 0 Å². The summed E-state index contributed by atoms with van der Waals surface area (Å²) in [5.41, 5.74) is 0.402. The van der Waals surface area contributed by atoms with Gasteiger partial charge in [-0.25, -0.2) is 13.1 Å². The summed E-state index contributed by atoms with van der Waals surface area (Å²) in [5.74, 6) is 0.0900. The second-order valence-corrected chi connectivity index (χ2v) is 9.31. The zero-order valence-electron chi connectivity index (χ0n) is 15.1. The summed E-state index contributed by atoms with van der Waals surface area (Å²) in [5, 5.41) is 9.74. The predicted molar refractivity (Wildman–Crippen MR) is 100 cm³/mol. The van der Waals surface area contributed by atoms with Gasteiger partial charge >= 0.3 is 0 Å². The molecule has 1 heterocycles. The Morgan fingerprint density at radius 3 is 2.35 bits per heavy atom. The first-order valence-corrected chi connectivity index (χ1v) is 11.0. The molecule has 1 saturated carbocycles. The lowest BCUT2D eigenvalue weighted by Gasteiger charge is -2.35. The minimum atomic E-state index is -3.63. The van der Waals surface area contributed by atoms with Crippen LogP contribution in [-0.2, 0) is 14.8 Å². The molecule has 2 aliphatic rings. The molecular formula is C19H28N2O4S. The number of carbonyl (C=O) groups excluding carboxylic acids is 1. The molecule has 7 heteroatoms. The molecule has 1 aliphatic heterocycles. The fraction of sp³-hybridized carbons (Fsp3) is 0.632. The van der Waals surface area contributed by atoms with Crippen LogP contribution in [0.15, 0.2) is 29.2 Å². The van der Waals surface area contributed by atoms with Crippen molar-refractivity contribution in [2.75, 3.05) is 24.6 Å². The van der Waals surface area contributed by atoms with Crippen molar-refractivity contribution < 1.29 is 18.3 Å². The van der Waals surface area contributed by atoms with Crippen LogP contribution in [0.5, 0.6) is 0 Å². The van der Waals surface area contributed by atoms with E-state index >= 15 is 0 Å². The normalized spacial score (nSPS) is 21.0. The molecule has 0 unspecified atom stereocenters. The van der Waals surface area contributed by atoms with Crippen molar-refractivity contribution in [3.05, 3.63) is 24.3 Å². The lowest BCUT2D eigenvalue weighted by Crippen LogP contribution is -2.41. The largest absolute Gasteiger partial charge is 0.396 e. The van der Waals surface area contributed by atoms with Crippen LogP contribution in [0.2, 0.25) is 0 Å². The predicted octanol–water partition coefficient (Wildman–Crippen LogP) is 2.42. The van der Waals surface area contributed by atoms with E-state index in [4.69, 9.17) is 0 Å². The zero-order chi connectivity index (χ0) is 18.6. The number of benzene rings is 1. The number of carbonyl (C=O) groups is 1. The maximum Gasteiger partial charge on any atom is 0.240 e. The number of nitrogens with zero attached hydrogens (tertiary/aromatic N) is 1. The Hall–Kier alpha value is -1.44. The molecule has 0 bridgehead atoms. The number of piperidine rings is 1. The molecule has 1 amide bonds. The van der Waals surface area contributed by atoms with E-state index in [9.17, 15) is 18.3 Å². The molecule has 26 heavy (non-hydrogen) atoms. The van der Waals surface area contributed by atoms with E-state index in [-0.39, 0.29) is 29.4 Å². The van der Waals surface area contributed by atoms with Crippen molar-refractivity contribution in [2.24, 2.45) is 5.41 Å². The Morgan fingerprint density at radius 1 is 1.04 bits per heavy atom. The molecule has 1 aliphatic carbocycles. The molecule has 0 radical (unpaired) electrons. The number of hydrogen-bond acceptors (Lipinski definition) is 4. The monoisotopic (exact) mass is 380 g/mol. The number of aliphatic hydroxyl groups excluding tert-OH is 1. The van der Waals surface area contributed by atoms with Crippen LogP contribution in [0.3, 0.4) is 0 Å². The van der Waals surface area contributed by atoms with Gasteiger partial charge in [0.2, 0.25) is 15.9 Å². The van der Waals surface area contributed by atoms with Crippen molar-refractivity contribution in [1.82, 2.24) is 4.72 Å². The van der Waals surface area contributed by atoms with Crippen LogP contribution >= 0.6 is 0 Å². The number of amides is 1. The minimum absolute atomic E-state index is 0.00549. The highest BCUT2D eigenvalue weighted by atomic mass is 32.2. The van der Waals surface area contributed by atoms with Gasteiger partial charge in [0.15, 0.2) is 0 Å². The van der Waals surface area contributed by atoms with Crippen LogP contribution in [-0.4, -0.2) is 39.1 Å². The first-order chi connectivity index (χ1) is 12.5. The van der Waals surface area contributed by atoms with Crippen LogP contribution in [0.1, 0.15) is 51.4 Å². The number of hydrogen-bond donors (Lipinski definition) is 2. The fourth-order valence-corrected chi connectivity index (χ4v) is 5.07. The van der Waals surface area contributed by atoms with Gasteiger partial charge in [0.25, 0.3) is 0 Å². The quantitative estimate of drug-likeness (QED) is 0.793. The highest BCUT2D eigenvalue weighted by Crippen LogP contribution is 2.35. The number of rotatable bonds is 6. The van der Waals surface area contributed by atoms with Gasteiger partial charge in [-0.05, 0) is 49.9 Å². The maximum absolute atomic E-state index is 12.6. The van der Waals surface area contributed by atoms with Gasteiger partial charge in [-0.1, -0.05) is 19.3 Å². The lowest BCUT2D eigenvalue weighted by atomic mass is 9.75. The first kappa shape index (κ1) is 19.3. The molecule has 0 spiro atoms. The van der Waals surface area contributed by atoms with E-state index in [0.717, 1.165) is 50.6 Å². The molecule has 2 N–H and O–H groups in total. The summed E-state index contributed by atoms with van der Waals surface area (Å²) in [6.45, 7) is 0.950. The van der Waals surface area contributed by atoms with E-state index in [2.05, 4.69) is 4.72 Å². The SMILES string of the molecule is O=C1CCCCN1c1ccc(S(=O)(=O)NCC2(CO)CCCCC2)cc1. The number of nitrogens with one attached hydrogen (secondary N) is 1. The van der Waals surface area contributed by atoms with Gasteiger partial charge in [-0.2, -0.15) is 0 Å². The number of sulfonamides is 1. The van der Waals surface area contributed by atoms with Crippen molar-refractivity contribution in [3.63, 3.8) is 0 Å². The molecule has 0 aromatic heterocycles. The Labute approximate surface area is 155 Å². The smallest absolute Gasteiger partial charge is 0.240 e. The number of anilines is 1. The third kappa shape index (κ3) is 4.27. The van der Waals surface area contributed by atoms with Crippen molar-refractivity contribution in [1.29, 1.82) is 0 Å². The van der Waals surface area contributed by atoms with Gasteiger partial charge in [0.05, 0.1) is 4.90 Å². The summed E-state index contributed by atoms with van der Waals surface area (Å²) in [6.07, 6.45) is 7.33. The second kappa shape index (κ2) is 8.06. The molecule has 1 saturated heterocycles. The van der Waals surface area contributed by atoms with Crippen molar-refractivity contribution >= 4 is 21.6 Å². The Balaban J connectivity index is 1.68. The van der Waals surface area contributed by atoms with Gasteiger partial charge in [-0.15, -0.1) is 0 Å². The van der Waals surface area contributed by atoms with Gasteiger partial charge < -0.3 is 10.0 Å². The molecule has 1 aromatic rings. The molecule has 6 nitrogen and oxygen atoms in total. The van der Waals surface area contributed by atoms with Crippen LogP contribution < -0.4 is 9.62 Å². The summed E-state index contributed by atoms with van der Waals surface area (Å²) in [6, 6.07) is 6.48. The summed E-state index contributed by atoms with van der Waals surface area (Å²) in [7, 11) is -3.63. The first-order valence-electron chi connectivity index (χ1n) is 9.47. The zero-order valence-corrected chi connectivity index (χ0v) is 15.9. The van der Waals surface area contributed by atoms with Crippen LogP contribution in [0.4, 0.5) is 5.69 Å². The van der Waals surface area contributed by atoms with Gasteiger partial charge in [0, 0.05) is 37.2 Å². The molecule has 3 rings (SSSR count). The van der Waals surface area contributed by atoms with E-state index in [0.29, 0.717) is 13.0 Å². The Kier molecular flexibility index (Phi) is 5.99. The van der Waals surface area contributed by atoms with E-state index < -0.39 is 10.0 Å². The third-order valence-corrected chi connectivity index (χ3v) is 7.09. The Morgan fingerprint density at radius 2 is 1.73 bits per heavy atom. The standard InChI is InChI=1S/C19H28N2O4S/c22-15-19(11-3-1-4-12-19)14-20-26(24,25)17-9-7-16(8-10-17)21-13-5-2-6-18(21)23/h7-10,20,22H,1-6,11-15H2. The lowest BCUT2D eigenvalue weighted by molar-refractivity contribution is -0.119. The third-order valence-electron chi connectivity index (χ3n) is 5.67. The van der Waals surface area contributed by atoms with Crippen molar-refractivity contribution in [2.45, 2.75) is 56.3 Å². The Bertz CT molecular complexity index is 724.